The molecule has 0 heterocycles. The molecule has 0 aromatic rings. The predicted octanol–water partition coefficient (Wildman–Crippen LogP) is 0.651. The zero-order valence-corrected chi connectivity index (χ0v) is 8.54. The highest BCUT2D eigenvalue weighted by Crippen LogP contribution is 2.13. The topological polar surface area (TPSA) is 55.4 Å². The second-order valence-corrected chi connectivity index (χ2v) is 3.45. The van der Waals surface area contributed by atoms with Crippen molar-refractivity contribution in [3.63, 3.8) is 0 Å². The van der Waals surface area contributed by atoms with E-state index >= 15 is 0 Å². The molecule has 80 valence electrons. The Morgan fingerprint density at radius 3 is 3.00 bits per heavy atom. The maximum absolute atomic E-state index is 11.4. The van der Waals surface area contributed by atoms with E-state index in [0.29, 0.717) is 13.0 Å². The van der Waals surface area contributed by atoms with Gasteiger partial charge in [-0.1, -0.05) is 6.42 Å². The Hall–Kier alpha value is -0.900. The highest BCUT2D eigenvalue weighted by molar-refractivity contribution is 5.85. The molecule has 4 heteroatoms. The van der Waals surface area contributed by atoms with E-state index in [9.17, 15) is 9.59 Å². The van der Waals surface area contributed by atoms with Gasteiger partial charge in [0.05, 0.1) is 19.2 Å². The van der Waals surface area contributed by atoms with Crippen LogP contribution in [-0.2, 0) is 14.3 Å². The Morgan fingerprint density at radius 2 is 2.36 bits per heavy atom. The lowest BCUT2D eigenvalue weighted by Gasteiger charge is -2.20. The van der Waals surface area contributed by atoms with Crippen LogP contribution in [0.3, 0.4) is 0 Å². The zero-order chi connectivity index (χ0) is 10.4. The number of ether oxygens (including phenoxy) is 1. The Balaban J connectivity index is 2.22. The number of esters is 1. The molecule has 0 spiro atoms. The molecule has 1 saturated carbocycles. The molecule has 1 fully saturated rings. The lowest BCUT2D eigenvalue weighted by molar-refractivity contribution is -0.142. The number of carbonyl (C=O) groups is 2. The van der Waals surface area contributed by atoms with Crippen LogP contribution in [0.4, 0.5) is 0 Å². The molecule has 1 N–H and O–H groups in total. The van der Waals surface area contributed by atoms with Gasteiger partial charge in [-0.05, 0) is 19.8 Å². The molecule has 0 amide bonds. The van der Waals surface area contributed by atoms with Crippen molar-refractivity contribution in [2.24, 2.45) is 0 Å². The van der Waals surface area contributed by atoms with Gasteiger partial charge >= 0.3 is 5.97 Å². The zero-order valence-electron chi connectivity index (χ0n) is 8.54. The summed E-state index contributed by atoms with van der Waals surface area (Å²) in [4.78, 5) is 22.3. The van der Waals surface area contributed by atoms with Gasteiger partial charge in [-0.2, -0.15) is 0 Å². The SMILES string of the molecule is CCOC(=O)CN[C@@H]1CCCCC1=O. The van der Waals surface area contributed by atoms with E-state index < -0.39 is 0 Å². The predicted molar refractivity (Wildman–Crippen MR) is 51.9 cm³/mol. The van der Waals surface area contributed by atoms with Crippen LogP contribution < -0.4 is 5.32 Å². The van der Waals surface area contributed by atoms with E-state index in [1.54, 1.807) is 6.92 Å². The lowest BCUT2D eigenvalue weighted by Crippen LogP contribution is -2.41. The molecule has 0 unspecified atom stereocenters. The van der Waals surface area contributed by atoms with Crippen molar-refractivity contribution in [2.75, 3.05) is 13.2 Å². The van der Waals surface area contributed by atoms with Crippen molar-refractivity contribution in [1.82, 2.24) is 5.32 Å². The number of ketones is 1. The second kappa shape index (κ2) is 5.75. The molecule has 0 aromatic carbocycles. The summed E-state index contributed by atoms with van der Waals surface area (Å²) in [6.45, 7) is 2.30. The third-order valence-corrected chi connectivity index (χ3v) is 2.35. The molecule has 0 aliphatic heterocycles. The fourth-order valence-corrected chi connectivity index (χ4v) is 1.62. The lowest BCUT2D eigenvalue weighted by atomic mass is 9.94. The number of hydrogen-bond donors (Lipinski definition) is 1. The van der Waals surface area contributed by atoms with Crippen molar-refractivity contribution >= 4 is 11.8 Å². The number of rotatable bonds is 4. The van der Waals surface area contributed by atoms with Crippen LogP contribution in [0.5, 0.6) is 0 Å². The molecule has 0 saturated heterocycles. The largest absolute Gasteiger partial charge is 0.465 e. The highest BCUT2D eigenvalue weighted by atomic mass is 16.5. The van der Waals surface area contributed by atoms with Crippen LogP contribution in [0, 0.1) is 0 Å². The molecule has 1 rings (SSSR count). The smallest absolute Gasteiger partial charge is 0.319 e. The van der Waals surface area contributed by atoms with E-state index in [4.69, 9.17) is 4.74 Å². The normalized spacial score (nSPS) is 22.1. The average Bonchev–Trinajstić information content (AvgIpc) is 2.17. The maximum atomic E-state index is 11.4. The number of carbonyl (C=O) groups excluding carboxylic acids is 2. The summed E-state index contributed by atoms with van der Waals surface area (Å²) in [5.41, 5.74) is 0. The third-order valence-electron chi connectivity index (χ3n) is 2.35. The maximum Gasteiger partial charge on any atom is 0.319 e. The first-order valence-corrected chi connectivity index (χ1v) is 5.15. The minimum absolute atomic E-state index is 0.131. The molecule has 14 heavy (non-hydrogen) atoms. The number of nitrogens with one attached hydrogen (secondary N) is 1. The van der Waals surface area contributed by atoms with Gasteiger partial charge in [0.15, 0.2) is 0 Å². The third kappa shape index (κ3) is 3.46. The van der Waals surface area contributed by atoms with Gasteiger partial charge in [-0.25, -0.2) is 0 Å². The fraction of sp³-hybridized carbons (Fsp3) is 0.800. The van der Waals surface area contributed by atoms with Crippen LogP contribution in [0.25, 0.3) is 0 Å². The molecule has 1 atom stereocenters. The molecular weight excluding hydrogens is 182 g/mol. The Labute approximate surface area is 84.0 Å². The molecule has 0 radical (unpaired) electrons. The molecule has 1 aliphatic carbocycles. The molecule has 1 aliphatic rings. The summed E-state index contributed by atoms with van der Waals surface area (Å²) in [5.74, 6) is -0.0635. The van der Waals surface area contributed by atoms with Crippen LogP contribution in [0.15, 0.2) is 0 Å². The molecule has 0 aromatic heterocycles. The second-order valence-electron chi connectivity index (χ2n) is 3.45. The van der Waals surface area contributed by atoms with E-state index in [1.807, 2.05) is 0 Å². The van der Waals surface area contributed by atoms with Crippen LogP contribution >= 0.6 is 0 Å². The minimum Gasteiger partial charge on any atom is -0.465 e. The highest BCUT2D eigenvalue weighted by Gasteiger charge is 2.22. The van der Waals surface area contributed by atoms with Gasteiger partial charge < -0.3 is 4.74 Å². The van der Waals surface area contributed by atoms with E-state index in [0.717, 1.165) is 19.3 Å². The van der Waals surface area contributed by atoms with Gasteiger partial charge in [0, 0.05) is 6.42 Å². The summed E-state index contributed by atoms with van der Waals surface area (Å²) in [6.07, 6.45) is 3.53. The van der Waals surface area contributed by atoms with E-state index in [2.05, 4.69) is 5.32 Å². The van der Waals surface area contributed by atoms with E-state index in [1.165, 1.54) is 0 Å². The quantitative estimate of drug-likeness (QED) is 0.675. The van der Waals surface area contributed by atoms with Crippen LogP contribution in [0.2, 0.25) is 0 Å². The number of hydrogen-bond acceptors (Lipinski definition) is 4. The number of Topliss-reactive ketones (excluding diaryl/α,β-unsaturated/α-hetero) is 1. The first-order valence-electron chi connectivity index (χ1n) is 5.15. The van der Waals surface area contributed by atoms with Crippen molar-refractivity contribution in [2.45, 2.75) is 38.6 Å². The summed E-state index contributed by atoms with van der Waals surface area (Å²) >= 11 is 0. The minimum atomic E-state index is -0.286. The standard InChI is InChI=1S/C10H17NO3/c1-2-14-10(13)7-11-8-5-3-4-6-9(8)12/h8,11H,2-7H2,1H3/t8-/m1/s1. The Kier molecular flexibility index (Phi) is 4.59. The summed E-state index contributed by atoms with van der Waals surface area (Å²) in [7, 11) is 0. The molecular formula is C10H17NO3. The molecule has 0 bridgehead atoms. The van der Waals surface area contributed by atoms with Gasteiger partial charge in [0.25, 0.3) is 0 Å². The summed E-state index contributed by atoms with van der Waals surface area (Å²) in [5, 5.41) is 2.93. The van der Waals surface area contributed by atoms with Crippen molar-refractivity contribution in [3.8, 4) is 0 Å². The fourth-order valence-electron chi connectivity index (χ4n) is 1.62. The van der Waals surface area contributed by atoms with Gasteiger partial charge in [0.2, 0.25) is 0 Å². The first kappa shape index (κ1) is 11.2. The van der Waals surface area contributed by atoms with Crippen LogP contribution in [-0.4, -0.2) is 30.9 Å². The average molecular weight is 199 g/mol. The van der Waals surface area contributed by atoms with Crippen molar-refractivity contribution in [1.29, 1.82) is 0 Å². The Morgan fingerprint density at radius 1 is 1.57 bits per heavy atom. The summed E-state index contributed by atoms with van der Waals surface area (Å²) < 4.78 is 4.76. The summed E-state index contributed by atoms with van der Waals surface area (Å²) in [6, 6.07) is -0.131. The van der Waals surface area contributed by atoms with Gasteiger partial charge in [-0.15, -0.1) is 0 Å². The van der Waals surface area contributed by atoms with E-state index in [-0.39, 0.29) is 24.3 Å². The van der Waals surface area contributed by atoms with Crippen molar-refractivity contribution < 1.29 is 14.3 Å². The van der Waals surface area contributed by atoms with Crippen LogP contribution in [0.1, 0.15) is 32.6 Å². The Bertz CT molecular complexity index is 215. The molecule has 4 nitrogen and oxygen atoms in total. The van der Waals surface area contributed by atoms with Crippen molar-refractivity contribution in [3.05, 3.63) is 0 Å². The first-order chi connectivity index (χ1) is 6.74. The van der Waals surface area contributed by atoms with Gasteiger partial charge in [0.1, 0.15) is 5.78 Å². The van der Waals surface area contributed by atoms with Gasteiger partial charge in [-0.3, -0.25) is 14.9 Å². The monoisotopic (exact) mass is 199 g/mol.